The molecule has 1 aromatic heterocycles. The minimum atomic E-state index is -5.26. The first-order chi connectivity index (χ1) is 19.2. The van der Waals surface area contributed by atoms with Gasteiger partial charge in [-0.2, -0.15) is 13.2 Å². The highest BCUT2D eigenvalue weighted by molar-refractivity contribution is 5.96. The van der Waals surface area contributed by atoms with Gasteiger partial charge in [0, 0.05) is 23.8 Å². The molecule has 0 aliphatic rings. The van der Waals surface area contributed by atoms with Gasteiger partial charge in [0.1, 0.15) is 22.6 Å². The van der Waals surface area contributed by atoms with E-state index in [1.165, 1.54) is 0 Å². The van der Waals surface area contributed by atoms with E-state index in [0.29, 0.717) is 6.07 Å². The van der Waals surface area contributed by atoms with Crippen molar-refractivity contribution in [2.24, 2.45) is 0 Å². The molecule has 0 N–H and O–H groups in total. The SMILES string of the molecule is Cc1c(OC(=O)c2ccc([N+](=O)[O-])cc2[N+](=O)[O-])ccc2c(=O)c(Oc3ccc([N+](=O)[O-])cc3)c(C(F)(F)F)oc12. The first-order valence-corrected chi connectivity index (χ1v) is 10.9. The Morgan fingerprint density at radius 1 is 0.878 bits per heavy atom. The van der Waals surface area contributed by atoms with Crippen molar-refractivity contribution >= 4 is 34.0 Å². The minimum absolute atomic E-state index is 0.273. The van der Waals surface area contributed by atoms with E-state index in [2.05, 4.69) is 0 Å². The molecule has 0 aliphatic heterocycles. The Hall–Kier alpha value is -5.87. The van der Waals surface area contributed by atoms with E-state index >= 15 is 0 Å². The van der Waals surface area contributed by atoms with Gasteiger partial charge < -0.3 is 13.9 Å². The Balaban J connectivity index is 1.78. The first kappa shape index (κ1) is 28.1. The van der Waals surface area contributed by atoms with Crippen LogP contribution in [0, 0.1) is 37.3 Å². The van der Waals surface area contributed by atoms with Gasteiger partial charge in [-0.3, -0.25) is 35.1 Å². The van der Waals surface area contributed by atoms with Gasteiger partial charge in [-0.1, -0.05) is 0 Å². The number of fused-ring (bicyclic) bond motifs is 1. The Labute approximate surface area is 223 Å². The number of nitro groups is 3. The molecule has 0 aliphatic carbocycles. The number of esters is 1. The van der Waals surface area contributed by atoms with Gasteiger partial charge in [0.25, 0.3) is 22.8 Å². The van der Waals surface area contributed by atoms with Crippen LogP contribution in [0.3, 0.4) is 0 Å². The molecule has 17 heteroatoms. The van der Waals surface area contributed by atoms with E-state index in [1.807, 2.05) is 0 Å². The lowest BCUT2D eigenvalue weighted by atomic mass is 10.1. The molecular formula is C24H12F3N3O11. The zero-order valence-corrected chi connectivity index (χ0v) is 20.2. The summed E-state index contributed by atoms with van der Waals surface area (Å²) < 4.78 is 56.9. The third kappa shape index (κ3) is 5.49. The Morgan fingerprint density at radius 3 is 2.05 bits per heavy atom. The summed E-state index contributed by atoms with van der Waals surface area (Å²) in [7, 11) is 0. The van der Waals surface area contributed by atoms with Crippen LogP contribution in [0.25, 0.3) is 11.0 Å². The summed E-state index contributed by atoms with van der Waals surface area (Å²) in [6.45, 7) is 1.15. The standard InChI is InChI=1S/C24H12F3N3O11/c1-11-18(40-23(32)15-7-4-13(29(35)36)10-17(15)30(37)38)9-8-16-19(31)21(22(24(25,26)27)41-20(11)16)39-14-5-2-12(3-6-14)28(33)34/h2-10H,1H3. The second kappa shape index (κ2) is 10.4. The zero-order valence-electron chi connectivity index (χ0n) is 20.2. The summed E-state index contributed by atoms with van der Waals surface area (Å²) in [6.07, 6.45) is -5.26. The molecule has 0 saturated heterocycles. The fourth-order valence-electron chi connectivity index (χ4n) is 3.61. The van der Waals surface area contributed by atoms with E-state index in [0.717, 1.165) is 55.5 Å². The van der Waals surface area contributed by atoms with Crippen LogP contribution in [0.4, 0.5) is 30.2 Å². The quantitative estimate of drug-likeness (QED) is 0.111. The van der Waals surface area contributed by atoms with Crippen LogP contribution in [0.1, 0.15) is 21.7 Å². The maximum absolute atomic E-state index is 13.9. The number of nitrogens with zero attached hydrogens (tertiary/aromatic N) is 3. The molecule has 210 valence electrons. The molecule has 0 unspecified atom stereocenters. The van der Waals surface area contributed by atoms with E-state index in [9.17, 15) is 53.1 Å². The molecule has 14 nitrogen and oxygen atoms in total. The van der Waals surface area contributed by atoms with Crippen LogP contribution < -0.4 is 14.9 Å². The van der Waals surface area contributed by atoms with Crippen molar-refractivity contribution in [3.05, 3.63) is 112 Å². The maximum Gasteiger partial charge on any atom is 0.453 e. The molecular weight excluding hydrogens is 563 g/mol. The average Bonchev–Trinajstić information content (AvgIpc) is 2.90. The lowest BCUT2D eigenvalue weighted by Gasteiger charge is -2.15. The van der Waals surface area contributed by atoms with Gasteiger partial charge >= 0.3 is 12.1 Å². The topological polar surface area (TPSA) is 195 Å². The summed E-state index contributed by atoms with van der Waals surface area (Å²) in [5.74, 6) is -5.25. The number of carbonyl (C=O) groups is 1. The Kier molecular flexibility index (Phi) is 7.11. The zero-order chi connectivity index (χ0) is 30.2. The van der Waals surface area contributed by atoms with Crippen molar-refractivity contribution in [1.29, 1.82) is 0 Å². The van der Waals surface area contributed by atoms with E-state index in [4.69, 9.17) is 13.9 Å². The van der Waals surface area contributed by atoms with Crippen LogP contribution in [-0.4, -0.2) is 20.7 Å². The number of aryl methyl sites for hydroxylation is 1. The van der Waals surface area contributed by atoms with Gasteiger partial charge in [-0.05, 0) is 37.3 Å². The average molecular weight is 575 g/mol. The molecule has 4 rings (SSSR count). The second-order valence-electron chi connectivity index (χ2n) is 8.11. The third-order valence-corrected chi connectivity index (χ3v) is 5.55. The summed E-state index contributed by atoms with van der Waals surface area (Å²) in [6, 6.07) is 7.97. The maximum atomic E-state index is 13.9. The molecule has 0 spiro atoms. The Bertz CT molecular complexity index is 1820. The van der Waals surface area contributed by atoms with Crippen molar-refractivity contribution in [1.82, 2.24) is 0 Å². The van der Waals surface area contributed by atoms with Gasteiger partial charge in [-0.15, -0.1) is 0 Å². The van der Waals surface area contributed by atoms with Gasteiger partial charge in [0.05, 0.1) is 26.2 Å². The molecule has 0 atom stereocenters. The number of rotatable bonds is 7. The molecule has 0 bridgehead atoms. The molecule has 0 saturated carbocycles. The van der Waals surface area contributed by atoms with Gasteiger partial charge in [0.15, 0.2) is 0 Å². The molecule has 0 amide bonds. The summed E-state index contributed by atoms with van der Waals surface area (Å²) in [4.78, 5) is 56.1. The molecule has 0 radical (unpaired) electrons. The highest BCUT2D eigenvalue weighted by Gasteiger charge is 2.41. The minimum Gasteiger partial charge on any atom is -0.449 e. The lowest BCUT2D eigenvalue weighted by Crippen LogP contribution is -2.16. The van der Waals surface area contributed by atoms with Gasteiger partial charge in [-0.25, -0.2) is 4.79 Å². The molecule has 3 aromatic carbocycles. The number of carbonyl (C=O) groups excluding carboxylic acids is 1. The lowest BCUT2D eigenvalue weighted by molar-refractivity contribution is -0.394. The number of nitro benzene ring substituents is 3. The number of non-ortho nitro benzene ring substituents is 2. The van der Waals surface area contributed by atoms with Crippen molar-refractivity contribution in [2.45, 2.75) is 13.1 Å². The third-order valence-electron chi connectivity index (χ3n) is 5.55. The monoisotopic (exact) mass is 575 g/mol. The predicted octanol–water partition coefficient (Wildman–Crippen LogP) is 5.86. The largest absolute Gasteiger partial charge is 0.453 e. The van der Waals surface area contributed by atoms with Crippen molar-refractivity contribution in [2.75, 3.05) is 0 Å². The van der Waals surface area contributed by atoms with E-state index in [-0.39, 0.29) is 17.0 Å². The second-order valence-corrected chi connectivity index (χ2v) is 8.11. The number of ether oxygens (including phenoxy) is 2. The van der Waals surface area contributed by atoms with Crippen LogP contribution in [0.2, 0.25) is 0 Å². The number of halogens is 3. The summed E-state index contributed by atoms with van der Waals surface area (Å²) in [5.41, 5.74) is -4.90. The van der Waals surface area contributed by atoms with Crippen molar-refractivity contribution in [3.63, 3.8) is 0 Å². The molecule has 41 heavy (non-hydrogen) atoms. The fraction of sp³-hybridized carbons (Fsp3) is 0.0833. The number of hydrogen-bond acceptors (Lipinski definition) is 11. The number of hydrogen-bond donors (Lipinski definition) is 0. The highest BCUT2D eigenvalue weighted by Crippen LogP contribution is 2.40. The Morgan fingerprint density at radius 2 is 1.49 bits per heavy atom. The summed E-state index contributed by atoms with van der Waals surface area (Å²) >= 11 is 0. The molecule has 4 aromatic rings. The normalized spacial score (nSPS) is 11.2. The number of benzene rings is 3. The van der Waals surface area contributed by atoms with Crippen molar-refractivity contribution < 1.29 is 46.6 Å². The van der Waals surface area contributed by atoms with Crippen LogP contribution in [-0.2, 0) is 6.18 Å². The van der Waals surface area contributed by atoms with E-state index < -0.39 is 77.5 Å². The molecule has 0 fully saturated rings. The van der Waals surface area contributed by atoms with Crippen LogP contribution in [0.15, 0.2) is 63.8 Å². The van der Waals surface area contributed by atoms with E-state index in [1.54, 1.807) is 0 Å². The van der Waals surface area contributed by atoms with Gasteiger partial charge in [0.2, 0.25) is 11.2 Å². The molecule has 1 heterocycles. The van der Waals surface area contributed by atoms with Crippen LogP contribution >= 0.6 is 0 Å². The summed E-state index contributed by atoms with van der Waals surface area (Å²) in [5, 5.41) is 32.7. The smallest absolute Gasteiger partial charge is 0.449 e. The first-order valence-electron chi connectivity index (χ1n) is 10.9. The number of alkyl halides is 3. The van der Waals surface area contributed by atoms with Crippen LogP contribution in [0.5, 0.6) is 17.2 Å². The highest BCUT2D eigenvalue weighted by atomic mass is 19.4. The van der Waals surface area contributed by atoms with Crippen molar-refractivity contribution in [3.8, 4) is 17.2 Å². The fourth-order valence-corrected chi connectivity index (χ4v) is 3.61. The predicted molar refractivity (Wildman–Crippen MR) is 130 cm³/mol.